The van der Waals surface area contributed by atoms with Crippen LogP contribution in [0.25, 0.3) is 0 Å². The Balaban J connectivity index is 4.43. The van der Waals surface area contributed by atoms with Crippen molar-refractivity contribution in [3.8, 4) is 0 Å². The van der Waals surface area contributed by atoms with Gasteiger partial charge in [0.15, 0.2) is 6.10 Å². The van der Waals surface area contributed by atoms with Crippen molar-refractivity contribution in [3.63, 3.8) is 0 Å². The number of allylic oxidation sites excluding steroid dienone is 18. The Morgan fingerprint density at radius 2 is 0.852 bits per heavy atom. The van der Waals surface area contributed by atoms with Crippen LogP contribution in [0.15, 0.2) is 109 Å². The lowest BCUT2D eigenvalue weighted by molar-refractivity contribution is -0.162. The molecule has 0 amide bonds. The van der Waals surface area contributed by atoms with Crippen molar-refractivity contribution in [1.29, 1.82) is 0 Å². The summed E-state index contributed by atoms with van der Waals surface area (Å²) < 4.78 is 17.1. The van der Waals surface area contributed by atoms with Crippen molar-refractivity contribution >= 4 is 11.9 Å². The molecule has 5 heteroatoms. The van der Waals surface area contributed by atoms with E-state index in [2.05, 4.69) is 124 Å². The Bertz CT molecular complexity index is 1120. The van der Waals surface area contributed by atoms with Gasteiger partial charge < -0.3 is 14.2 Å². The van der Waals surface area contributed by atoms with E-state index in [9.17, 15) is 9.59 Å². The first-order valence-corrected chi connectivity index (χ1v) is 21.4. The van der Waals surface area contributed by atoms with Crippen LogP contribution in [-0.4, -0.2) is 37.9 Å². The first-order chi connectivity index (χ1) is 26.6. The molecule has 0 saturated heterocycles. The minimum atomic E-state index is -0.598. The van der Waals surface area contributed by atoms with Crippen LogP contribution in [0.1, 0.15) is 162 Å². The van der Waals surface area contributed by atoms with E-state index in [1.54, 1.807) is 0 Å². The SMILES string of the molecule is CC/C=C\C/C=C\C/C=C\C/C=C\C/C=C\CCCC(=O)OCC(COCCCCCCCCCC)OC(=O)CC/C=C\C/C=C\C/C=C\C/C=C\CC. The standard InChI is InChI=1S/C49H78O5/c1-4-7-10-13-16-19-21-23-24-25-26-28-29-31-33-36-39-42-48(50)53-46-47(45-52-44-41-38-35-18-15-12-9-6-3)54-49(51)43-40-37-34-32-30-27-22-20-17-14-11-8-5-2/h7-8,10-11,16-17,19-20,23-24,26-28,30-31,33-34,37,47H,4-6,9,12-15,18,21-22,25,29,32,35-36,38-46H2,1-3H3/b10-7-,11-8-,19-16-,20-17-,24-23-,28-26-,30-27-,33-31-,37-34-. The summed E-state index contributed by atoms with van der Waals surface area (Å²) >= 11 is 0. The molecule has 0 spiro atoms. The second-order valence-electron chi connectivity index (χ2n) is 13.5. The maximum atomic E-state index is 12.6. The summed E-state index contributed by atoms with van der Waals surface area (Å²) in [6.07, 6.45) is 59.6. The van der Waals surface area contributed by atoms with Gasteiger partial charge in [-0.05, 0) is 83.5 Å². The van der Waals surface area contributed by atoms with E-state index in [4.69, 9.17) is 14.2 Å². The summed E-state index contributed by atoms with van der Waals surface area (Å²) in [4.78, 5) is 25.1. The molecular weight excluding hydrogens is 669 g/mol. The van der Waals surface area contributed by atoms with Crippen LogP contribution in [0.3, 0.4) is 0 Å². The van der Waals surface area contributed by atoms with Gasteiger partial charge >= 0.3 is 11.9 Å². The molecule has 0 saturated carbocycles. The summed E-state index contributed by atoms with van der Waals surface area (Å²) in [7, 11) is 0. The lowest BCUT2D eigenvalue weighted by atomic mass is 10.1. The van der Waals surface area contributed by atoms with Gasteiger partial charge in [-0.2, -0.15) is 0 Å². The average molecular weight is 747 g/mol. The van der Waals surface area contributed by atoms with Crippen LogP contribution in [0.4, 0.5) is 0 Å². The molecule has 0 aromatic heterocycles. The summed E-state index contributed by atoms with van der Waals surface area (Å²) in [5.74, 6) is -0.571. The van der Waals surface area contributed by atoms with Crippen molar-refractivity contribution in [1.82, 2.24) is 0 Å². The zero-order valence-corrected chi connectivity index (χ0v) is 34.7. The fourth-order valence-electron chi connectivity index (χ4n) is 5.20. The Morgan fingerprint density at radius 3 is 1.33 bits per heavy atom. The topological polar surface area (TPSA) is 61.8 Å². The third-order valence-corrected chi connectivity index (χ3v) is 8.32. The second-order valence-corrected chi connectivity index (χ2v) is 13.5. The molecule has 1 unspecified atom stereocenters. The largest absolute Gasteiger partial charge is 0.462 e. The van der Waals surface area contributed by atoms with Crippen LogP contribution in [-0.2, 0) is 23.8 Å². The molecule has 0 aliphatic carbocycles. The minimum absolute atomic E-state index is 0.0215. The molecule has 0 fully saturated rings. The van der Waals surface area contributed by atoms with Crippen LogP contribution in [0.2, 0.25) is 0 Å². The molecular formula is C49H78O5. The molecule has 5 nitrogen and oxygen atoms in total. The highest BCUT2D eigenvalue weighted by molar-refractivity contribution is 5.70. The zero-order chi connectivity index (χ0) is 39.3. The number of esters is 2. The summed E-state index contributed by atoms with van der Waals surface area (Å²) in [5, 5.41) is 0. The molecule has 0 heterocycles. The molecule has 0 radical (unpaired) electrons. The van der Waals surface area contributed by atoms with Crippen LogP contribution >= 0.6 is 0 Å². The highest BCUT2D eigenvalue weighted by Gasteiger charge is 2.17. The zero-order valence-electron chi connectivity index (χ0n) is 34.7. The lowest BCUT2D eigenvalue weighted by Crippen LogP contribution is -2.30. The van der Waals surface area contributed by atoms with E-state index in [1.807, 2.05) is 6.08 Å². The van der Waals surface area contributed by atoms with Crippen molar-refractivity contribution in [2.24, 2.45) is 0 Å². The number of carbonyl (C=O) groups excluding carboxylic acids is 2. The number of rotatable bonds is 37. The van der Waals surface area contributed by atoms with Crippen LogP contribution in [0, 0.1) is 0 Å². The molecule has 0 N–H and O–H groups in total. The van der Waals surface area contributed by atoms with Gasteiger partial charge in [-0.25, -0.2) is 0 Å². The van der Waals surface area contributed by atoms with Crippen LogP contribution < -0.4 is 0 Å². The molecule has 0 aliphatic heterocycles. The normalized spacial score (nSPS) is 13.3. The van der Waals surface area contributed by atoms with Crippen molar-refractivity contribution in [3.05, 3.63) is 109 Å². The van der Waals surface area contributed by atoms with Gasteiger partial charge in [-0.3, -0.25) is 9.59 Å². The van der Waals surface area contributed by atoms with Gasteiger partial charge in [0, 0.05) is 19.4 Å². The third-order valence-electron chi connectivity index (χ3n) is 8.32. The second kappa shape index (κ2) is 44.0. The molecule has 1 atom stereocenters. The molecule has 304 valence electrons. The number of hydrogen-bond acceptors (Lipinski definition) is 5. The van der Waals surface area contributed by atoms with Crippen molar-refractivity contribution in [2.75, 3.05) is 19.8 Å². The molecule has 0 rings (SSSR count). The fraction of sp³-hybridized carbons (Fsp3) is 0.592. The number of carbonyl (C=O) groups is 2. The number of unbranched alkanes of at least 4 members (excludes halogenated alkanes) is 8. The molecule has 0 aromatic carbocycles. The fourth-order valence-corrected chi connectivity index (χ4v) is 5.20. The first kappa shape index (κ1) is 50.6. The molecule has 0 aliphatic rings. The van der Waals surface area contributed by atoms with E-state index in [0.29, 0.717) is 19.4 Å². The quantitative estimate of drug-likeness (QED) is 0.0360. The monoisotopic (exact) mass is 747 g/mol. The Labute approximate surface area is 332 Å². The van der Waals surface area contributed by atoms with Gasteiger partial charge in [-0.1, -0.05) is 175 Å². The smallest absolute Gasteiger partial charge is 0.306 e. The molecule has 0 aromatic rings. The Kier molecular flexibility index (Phi) is 41.2. The van der Waals surface area contributed by atoms with Gasteiger partial charge in [0.2, 0.25) is 0 Å². The highest BCUT2D eigenvalue weighted by atomic mass is 16.6. The third kappa shape index (κ3) is 41.3. The molecule has 0 bridgehead atoms. The van der Waals surface area contributed by atoms with Gasteiger partial charge in [0.1, 0.15) is 6.61 Å². The summed E-state index contributed by atoms with van der Waals surface area (Å²) in [6, 6.07) is 0. The first-order valence-electron chi connectivity index (χ1n) is 21.4. The Morgan fingerprint density at radius 1 is 0.426 bits per heavy atom. The Hall–Kier alpha value is -3.44. The van der Waals surface area contributed by atoms with E-state index in [0.717, 1.165) is 83.5 Å². The number of ether oxygens (including phenoxy) is 3. The van der Waals surface area contributed by atoms with Gasteiger partial charge in [0.25, 0.3) is 0 Å². The predicted octanol–water partition coefficient (Wildman–Crippen LogP) is 14.1. The van der Waals surface area contributed by atoms with E-state index >= 15 is 0 Å². The van der Waals surface area contributed by atoms with E-state index in [1.165, 1.54) is 38.5 Å². The predicted molar refractivity (Wildman–Crippen MR) is 233 cm³/mol. The maximum Gasteiger partial charge on any atom is 0.306 e. The van der Waals surface area contributed by atoms with Crippen molar-refractivity contribution < 1.29 is 23.8 Å². The average Bonchev–Trinajstić information content (AvgIpc) is 3.17. The van der Waals surface area contributed by atoms with E-state index < -0.39 is 6.10 Å². The highest BCUT2D eigenvalue weighted by Crippen LogP contribution is 2.10. The van der Waals surface area contributed by atoms with Gasteiger partial charge in [0.05, 0.1) is 6.61 Å². The van der Waals surface area contributed by atoms with Crippen LogP contribution in [0.5, 0.6) is 0 Å². The molecule has 54 heavy (non-hydrogen) atoms. The number of hydrogen-bond donors (Lipinski definition) is 0. The maximum absolute atomic E-state index is 12.6. The summed E-state index contributed by atoms with van der Waals surface area (Å²) in [6.45, 7) is 7.40. The van der Waals surface area contributed by atoms with E-state index in [-0.39, 0.29) is 31.6 Å². The van der Waals surface area contributed by atoms with Gasteiger partial charge in [-0.15, -0.1) is 0 Å². The summed E-state index contributed by atoms with van der Waals surface area (Å²) in [5.41, 5.74) is 0. The minimum Gasteiger partial charge on any atom is -0.462 e. The lowest BCUT2D eigenvalue weighted by Gasteiger charge is -2.18. The van der Waals surface area contributed by atoms with Crippen molar-refractivity contribution in [2.45, 2.75) is 168 Å².